The van der Waals surface area contributed by atoms with Crippen LogP contribution in [0.3, 0.4) is 0 Å². The fourth-order valence-electron chi connectivity index (χ4n) is 1.26. The molecule has 0 bridgehead atoms. The second kappa shape index (κ2) is 5.85. The zero-order chi connectivity index (χ0) is 12.0. The van der Waals surface area contributed by atoms with Crippen LogP contribution in [-0.4, -0.2) is 18.4 Å². The summed E-state index contributed by atoms with van der Waals surface area (Å²) in [5, 5.41) is 0. The van der Waals surface area contributed by atoms with Gasteiger partial charge in [-0.3, -0.25) is 4.79 Å². The highest BCUT2D eigenvalue weighted by Gasteiger charge is 2.18. The number of ketones is 1. The van der Waals surface area contributed by atoms with E-state index >= 15 is 0 Å². The Balaban J connectivity index is 2.59. The van der Waals surface area contributed by atoms with E-state index in [9.17, 15) is 9.59 Å². The van der Waals surface area contributed by atoms with Gasteiger partial charge in [0.05, 0.1) is 6.61 Å². The minimum atomic E-state index is -0.830. The molecule has 1 rings (SSSR count). The summed E-state index contributed by atoms with van der Waals surface area (Å²) in [6, 6.07) is 9.39. The van der Waals surface area contributed by atoms with Crippen molar-refractivity contribution in [1.29, 1.82) is 0 Å². The van der Waals surface area contributed by atoms with Crippen LogP contribution in [0.25, 0.3) is 0 Å². The van der Waals surface area contributed by atoms with Crippen LogP contribution >= 0.6 is 0 Å². The van der Waals surface area contributed by atoms with Crippen molar-refractivity contribution in [2.45, 2.75) is 13.3 Å². The predicted molar refractivity (Wildman–Crippen MR) is 60.9 cm³/mol. The van der Waals surface area contributed by atoms with E-state index in [4.69, 9.17) is 0 Å². The molecule has 0 aliphatic heterocycles. The largest absolute Gasteiger partial charge is 0.460 e. The SMILES string of the molecule is C=C(Cc1ccccc1)C(=O)C(=O)OCC. The molecule has 0 heterocycles. The van der Waals surface area contributed by atoms with Gasteiger partial charge in [0.25, 0.3) is 5.78 Å². The highest BCUT2D eigenvalue weighted by Crippen LogP contribution is 2.07. The van der Waals surface area contributed by atoms with Gasteiger partial charge in [-0.15, -0.1) is 0 Å². The lowest BCUT2D eigenvalue weighted by atomic mass is 10.0. The van der Waals surface area contributed by atoms with Crippen molar-refractivity contribution in [3.8, 4) is 0 Å². The first kappa shape index (κ1) is 12.2. The second-order valence-electron chi connectivity index (χ2n) is 3.32. The van der Waals surface area contributed by atoms with E-state index in [-0.39, 0.29) is 12.2 Å². The molecule has 0 saturated heterocycles. The van der Waals surface area contributed by atoms with Gasteiger partial charge in [-0.1, -0.05) is 36.9 Å². The molecule has 3 heteroatoms. The Bertz CT molecular complexity index is 393. The lowest BCUT2D eigenvalue weighted by Gasteiger charge is -2.04. The molecule has 0 N–H and O–H groups in total. The minimum absolute atomic E-state index is 0.198. The van der Waals surface area contributed by atoms with Crippen molar-refractivity contribution in [3.63, 3.8) is 0 Å². The summed E-state index contributed by atoms with van der Waals surface area (Å²) >= 11 is 0. The normalized spacial score (nSPS) is 9.56. The molecule has 84 valence electrons. The Morgan fingerprint density at radius 1 is 1.25 bits per heavy atom. The molecular weight excluding hydrogens is 204 g/mol. The first-order chi connectivity index (χ1) is 7.65. The molecule has 0 atom stereocenters. The minimum Gasteiger partial charge on any atom is -0.460 e. The molecule has 0 amide bonds. The summed E-state index contributed by atoms with van der Waals surface area (Å²) in [5.74, 6) is -1.48. The van der Waals surface area contributed by atoms with Crippen LogP contribution in [0, 0.1) is 0 Å². The number of carbonyl (C=O) groups excluding carboxylic acids is 2. The van der Waals surface area contributed by atoms with Gasteiger partial charge in [0.1, 0.15) is 0 Å². The zero-order valence-electron chi connectivity index (χ0n) is 9.23. The quantitative estimate of drug-likeness (QED) is 0.431. The van der Waals surface area contributed by atoms with E-state index in [2.05, 4.69) is 11.3 Å². The van der Waals surface area contributed by atoms with Crippen molar-refractivity contribution < 1.29 is 14.3 Å². The van der Waals surface area contributed by atoms with Crippen LogP contribution in [0.2, 0.25) is 0 Å². The summed E-state index contributed by atoms with van der Waals surface area (Å²) in [7, 11) is 0. The third-order valence-corrected chi connectivity index (χ3v) is 2.04. The molecular formula is C13H14O3. The number of Topliss-reactive ketones (excluding diaryl/α,β-unsaturated/α-hetero) is 1. The molecule has 1 aromatic rings. The van der Waals surface area contributed by atoms with Crippen LogP contribution in [0.15, 0.2) is 42.5 Å². The summed E-state index contributed by atoms with van der Waals surface area (Å²) in [6.45, 7) is 5.46. The number of carbonyl (C=O) groups is 2. The summed E-state index contributed by atoms with van der Waals surface area (Å²) in [6.07, 6.45) is 0.373. The van der Waals surface area contributed by atoms with Crippen molar-refractivity contribution in [2.24, 2.45) is 0 Å². The fourth-order valence-corrected chi connectivity index (χ4v) is 1.26. The highest BCUT2D eigenvalue weighted by atomic mass is 16.5. The molecule has 0 unspecified atom stereocenters. The molecule has 3 nitrogen and oxygen atoms in total. The summed E-state index contributed by atoms with van der Waals surface area (Å²) in [5.41, 5.74) is 1.20. The van der Waals surface area contributed by atoms with E-state index in [1.807, 2.05) is 30.3 Å². The molecule has 0 aliphatic rings. The maximum atomic E-state index is 11.5. The van der Waals surface area contributed by atoms with E-state index in [1.54, 1.807) is 6.92 Å². The second-order valence-corrected chi connectivity index (χ2v) is 3.32. The van der Waals surface area contributed by atoms with Crippen LogP contribution in [0.1, 0.15) is 12.5 Å². The molecule has 1 aromatic carbocycles. The zero-order valence-corrected chi connectivity index (χ0v) is 9.23. The van der Waals surface area contributed by atoms with E-state index in [1.165, 1.54) is 0 Å². The number of benzene rings is 1. The predicted octanol–water partition coefficient (Wildman–Crippen LogP) is 1.92. The highest BCUT2D eigenvalue weighted by molar-refractivity contribution is 6.40. The van der Waals surface area contributed by atoms with Crippen molar-refractivity contribution in [3.05, 3.63) is 48.0 Å². The maximum Gasteiger partial charge on any atom is 0.379 e. The van der Waals surface area contributed by atoms with Gasteiger partial charge in [-0.05, 0) is 12.5 Å². The molecule has 0 spiro atoms. The molecule has 0 radical (unpaired) electrons. The Labute approximate surface area is 94.7 Å². The first-order valence-electron chi connectivity index (χ1n) is 5.08. The van der Waals surface area contributed by atoms with Gasteiger partial charge in [-0.2, -0.15) is 0 Å². The van der Waals surface area contributed by atoms with Gasteiger partial charge < -0.3 is 4.74 Å². The van der Waals surface area contributed by atoms with Gasteiger partial charge >= 0.3 is 5.97 Å². The fraction of sp³-hybridized carbons (Fsp3) is 0.231. The van der Waals surface area contributed by atoms with Crippen molar-refractivity contribution >= 4 is 11.8 Å². The van der Waals surface area contributed by atoms with Crippen LogP contribution < -0.4 is 0 Å². The number of hydrogen-bond donors (Lipinski definition) is 0. The Morgan fingerprint density at radius 2 is 1.88 bits per heavy atom. The maximum absolute atomic E-state index is 11.5. The number of rotatable bonds is 5. The van der Waals surface area contributed by atoms with Gasteiger partial charge in [-0.25, -0.2) is 4.79 Å². The van der Waals surface area contributed by atoms with Crippen LogP contribution in [0.4, 0.5) is 0 Å². The topological polar surface area (TPSA) is 43.4 Å². The van der Waals surface area contributed by atoms with Gasteiger partial charge in [0.2, 0.25) is 0 Å². The third kappa shape index (κ3) is 3.35. The average Bonchev–Trinajstić information content (AvgIpc) is 2.29. The van der Waals surface area contributed by atoms with Gasteiger partial charge in [0, 0.05) is 12.0 Å². The number of esters is 1. The van der Waals surface area contributed by atoms with E-state index in [0.29, 0.717) is 6.42 Å². The van der Waals surface area contributed by atoms with Crippen molar-refractivity contribution in [2.75, 3.05) is 6.61 Å². The lowest BCUT2D eigenvalue weighted by Crippen LogP contribution is -2.19. The molecule has 0 aromatic heterocycles. The van der Waals surface area contributed by atoms with Crippen molar-refractivity contribution in [1.82, 2.24) is 0 Å². The standard InChI is InChI=1S/C13H14O3/c1-3-16-13(15)12(14)10(2)9-11-7-5-4-6-8-11/h4-8H,2-3,9H2,1H3. The van der Waals surface area contributed by atoms with Crippen LogP contribution in [0.5, 0.6) is 0 Å². The Hall–Kier alpha value is -1.90. The molecule has 0 saturated carbocycles. The number of ether oxygens (including phenoxy) is 1. The van der Waals surface area contributed by atoms with Crippen LogP contribution in [-0.2, 0) is 20.7 Å². The summed E-state index contributed by atoms with van der Waals surface area (Å²) < 4.78 is 4.61. The molecule has 16 heavy (non-hydrogen) atoms. The van der Waals surface area contributed by atoms with Gasteiger partial charge in [0.15, 0.2) is 0 Å². The Kier molecular flexibility index (Phi) is 4.45. The molecule has 0 fully saturated rings. The Morgan fingerprint density at radius 3 is 2.44 bits per heavy atom. The third-order valence-electron chi connectivity index (χ3n) is 2.04. The lowest BCUT2D eigenvalue weighted by molar-refractivity contribution is -0.151. The van der Waals surface area contributed by atoms with E-state index < -0.39 is 11.8 Å². The first-order valence-corrected chi connectivity index (χ1v) is 5.08. The molecule has 0 aliphatic carbocycles. The monoisotopic (exact) mass is 218 g/mol. The number of hydrogen-bond acceptors (Lipinski definition) is 3. The smallest absolute Gasteiger partial charge is 0.379 e. The summed E-state index contributed by atoms with van der Waals surface area (Å²) in [4.78, 5) is 22.6. The average molecular weight is 218 g/mol. The van der Waals surface area contributed by atoms with E-state index in [0.717, 1.165) is 5.56 Å².